The Morgan fingerprint density at radius 2 is 1.66 bits per heavy atom. The Bertz CT molecular complexity index is 1100. The molecule has 1 heterocycles. The van der Waals surface area contributed by atoms with E-state index in [1.54, 1.807) is 30.3 Å². The summed E-state index contributed by atoms with van der Waals surface area (Å²) >= 11 is 2.78. The van der Waals surface area contributed by atoms with Crippen molar-refractivity contribution in [2.75, 3.05) is 21.7 Å². The average molecular weight is 467 g/mol. The summed E-state index contributed by atoms with van der Waals surface area (Å²) in [6.45, 7) is 1.44. The first-order chi connectivity index (χ1) is 15.5. The lowest BCUT2D eigenvalue weighted by Gasteiger charge is -2.06. The Morgan fingerprint density at radius 1 is 0.969 bits per heavy atom. The quantitative estimate of drug-likeness (QED) is 0.400. The fourth-order valence-electron chi connectivity index (χ4n) is 2.60. The first-order valence-electron chi connectivity index (χ1n) is 9.72. The number of rotatable bonds is 9. The molecule has 0 radical (unpaired) electrons. The van der Waals surface area contributed by atoms with E-state index < -0.39 is 0 Å². The molecule has 32 heavy (non-hydrogen) atoms. The van der Waals surface area contributed by atoms with E-state index in [9.17, 15) is 14.4 Å². The molecule has 3 aromatic rings. The molecule has 0 spiro atoms. The number of aromatic nitrogens is 1. The van der Waals surface area contributed by atoms with Gasteiger partial charge in [0.2, 0.25) is 17.7 Å². The smallest absolute Gasteiger partial charge is 0.250 e. The molecule has 3 amide bonds. The molecular weight excluding hydrogens is 444 g/mol. The van der Waals surface area contributed by atoms with Crippen LogP contribution in [0.5, 0.6) is 0 Å². The minimum absolute atomic E-state index is 0.128. The molecule has 2 aromatic carbocycles. The number of benzene rings is 2. The van der Waals surface area contributed by atoms with Gasteiger partial charge in [0.05, 0.1) is 11.4 Å². The molecule has 0 unspecified atom stereocenters. The standard InChI is InChI=1S/C23H22N4O3S2/c1-16(28)24-18-8-10-19(11-9-18)25-22(30)15-31-13-20-14-32-23(26-20)27-21(29)12-7-17-5-3-2-4-6-17/h2-12,14H,13,15H2,1H3,(H,24,28)(H,25,30)(H,26,27,29)/b12-7+. The van der Waals surface area contributed by atoms with E-state index >= 15 is 0 Å². The number of hydrogen-bond acceptors (Lipinski definition) is 6. The lowest BCUT2D eigenvalue weighted by atomic mass is 10.2. The summed E-state index contributed by atoms with van der Waals surface area (Å²) in [5.74, 6) is 0.308. The molecule has 164 valence electrons. The van der Waals surface area contributed by atoms with Gasteiger partial charge in [0, 0.05) is 35.5 Å². The Labute approximate surface area is 194 Å². The van der Waals surface area contributed by atoms with E-state index in [1.165, 1.54) is 36.1 Å². The van der Waals surface area contributed by atoms with Crippen molar-refractivity contribution in [3.63, 3.8) is 0 Å². The molecule has 3 N–H and O–H groups in total. The highest BCUT2D eigenvalue weighted by Crippen LogP contribution is 2.20. The maximum absolute atomic E-state index is 12.1. The van der Waals surface area contributed by atoms with E-state index in [4.69, 9.17) is 0 Å². The Kier molecular flexibility index (Phi) is 8.59. The lowest BCUT2D eigenvalue weighted by molar-refractivity contribution is -0.114. The zero-order valence-corrected chi connectivity index (χ0v) is 19.0. The molecule has 0 aliphatic rings. The van der Waals surface area contributed by atoms with Crippen molar-refractivity contribution in [2.45, 2.75) is 12.7 Å². The summed E-state index contributed by atoms with van der Waals surface area (Å²) in [4.78, 5) is 39.6. The Hall–Kier alpha value is -3.43. The van der Waals surface area contributed by atoms with Crippen LogP contribution < -0.4 is 16.0 Å². The summed E-state index contributed by atoms with van der Waals surface area (Å²) in [6.07, 6.45) is 3.21. The van der Waals surface area contributed by atoms with Crippen LogP contribution >= 0.6 is 23.1 Å². The molecule has 0 aliphatic carbocycles. The van der Waals surface area contributed by atoms with Gasteiger partial charge in [-0.15, -0.1) is 23.1 Å². The van der Waals surface area contributed by atoms with Gasteiger partial charge < -0.3 is 10.6 Å². The van der Waals surface area contributed by atoms with Crippen LogP contribution in [-0.2, 0) is 20.1 Å². The second-order valence-electron chi connectivity index (χ2n) is 6.68. The number of anilines is 3. The molecular formula is C23H22N4O3S2. The fraction of sp³-hybridized carbons (Fsp3) is 0.130. The zero-order chi connectivity index (χ0) is 22.8. The fourth-order valence-corrected chi connectivity index (χ4v) is 4.13. The molecule has 9 heteroatoms. The van der Waals surface area contributed by atoms with Gasteiger partial charge in [0.25, 0.3) is 0 Å². The van der Waals surface area contributed by atoms with Crippen LogP contribution in [0.3, 0.4) is 0 Å². The Balaban J connectivity index is 1.39. The molecule has 0 aliphatic heterocycles. The zero-order valence-electron chi connectivity index (χ0n) is 17.3. The highest BCUT2D eigenvalue weighted by Gasteiger charge is 2.07. The largest absolute Gasteiger partial charge is 0.326 e. The summed E-state index contributed by atoms with van der Waals surface area (Å²) < 4.78 is 0. The van der Waals surface area contributed by atoms with Crippen LogP contribution in [0.15, 0.2) is 66.1 Å². The van der Waals surface area contributed by atoms with Gasteiger partial charge in [-0.25, -0.2) is 4.98 Å². The number of nitrogens with one attached hydrogen (secondary N) is 3. The van der Waals surface area contributed by atoms with Crippen molar-refractivity contribution in [2.24, 2.45) is 0 Å². The van der Waals surface area contributed by atoms with Gasteiger partial charge in [-0.1, -0.05) is 30.3 Å². The first kappa shape index (κ1) is 23.2. The third-order valence-corrected chi connectivity index (χ3v) is 5.75. The molecule has 1 aromatic heterocycles. The number of hydrogen-bond donors (Lipinski definition) is 3. The van der Waals surface area contributed by atoms with Crippen LogP contribution in [0.2, 0.25) is 0 Å². The van der Waals surface area contributed by atoms with Crippen LogP contribution in [0.25, 0.3) is 6.08 Å². The summed E-state index contributed by atoms with van der Waals surface area (Å²) in [6, 6.07) is 16.5. The number of nitrogens with zero attached hydrogens (tertiary/aromatic N) is 1. The van der Waals surface area contributed by atoms with Crippen molar-refractivity contribution >= 4 is 63.4 Å². The number of thioether (sulfide) groups is 1. The van der Waals surface area contributed by atoms with E-state index in [2.05, 4.69) is 20.9 Å². The van der Waals surface area contributed by atoms with E-state index in [0.717, 1.165) is 11.3 Å². The van der Waals surface area contributed by atoms with Crippen molar-refractivity contribution in [3.05, 3.63) is 77.3 Å². The van der Waals surface area contributed by atoms with Gasteiger partial charge in [-0.3, -0.25) is 19.7 Å². The van der Waals surface area contributed by atoms with Crippen molar-refractivity contribution < 1.29 is 14.4 Å². The topological polar surface area (TPSA) is 100 Å². The number of carbonyl (C=O) groups excluding carboxylic acids is 3. The van der Waals surface area contributed by atoms with Crippen molar-refractivity contribution in [1.29, 1.82) is 0 Å². The summed E-state index contributed by atoms with van der Waals surface area (Å²) in [5, 5.41) is 10.6. The molecule has 0 atom stereocenters. The first-order valence-corrected chi connectivity index (χ1v) is 11.7. The predicted molar refractivity (Wildman–Crippen MR) is 132 cm³/mol. The van der Waals surface area contributed by atoms with Gasteiger partial charge >= 0.3 is 0 Å². The normalized spacial score (nSPS) is 10.7. The van der Waals surface area contributed by atoms with E-state index in [0.29, 0.717) is 22.3 Å². The number of carbonyl (C=O) groups is 3. The third kappa shape index (κ3) is 8.01. The molecule has 7 nitrogen and oxygen atoms in total. The molecule has 0 saturated heterocycles. The van der Waals surface area contributed by atoms with Crippen molar-refractivity contribution in [3.8, 4) is 0 Å². The van der Waals surface area contributed by atoms with Crippen LogP contribution in [0.4, 0.5) is 16.5 Å². The second-order valence-corrected chi connectivity index (χ2v) is 8.52. The maximum atomic E-state index is 12.1. The third-order valence-electron chi connectivity index (χ3n) is 3.98. The van der Waals surface area contributed by atoms with Crippen LogP contribution in [0, 0.1) is 0 Å². The van der Waals surface area contributed by atoms with E-state index in [-0.39, 0.29) is 23.5 Å². The van der Waals surface area contributed by atoms with Gasteiger partial charge in [0.15, 0.2) is 5.13 Å². The predicted octanol–water partition coefficient (Wildman–Crippen LogP) is 4.63. The van der Waals surface area contributed by atoms with Crippen LogP contribution in [0.1, 0.15) is 18.2 Å². The second kappa shape index (κ2) is 11.8. The molecule has 0 fully saturated rings. The molecule has 3 rings (SSSR count). The summed E-state index contributed by atoms with van der Waals surface area (Å²) in [5.41, 5.74) is 3.08. The lowest BCUT2D eigenvalue weighted by Crippen LogP contribution is -2.14. The minimum Gasteiger partial charge on any atom is -0.326 e. The highest BCUT2D eigenvalue weighted by atomic mass is 32.2. The monoisotopic (exact) mass is 466 g/mol. The van der Waals surface area contributed by atoms with Crippen molar-refractivity contribution in [1.82, 2.24) is 4.98 Å². The SMILES string of the molecule is CC(=O)Nc1ccc(NC(=O)CSCc2csc(NC(=O)/C=C/c3ccccc3)n2)cc1. The number of amides is 3. The Morgan fingerprint density at radius 3 is 2.34 bits per heavy atom. The highest BCUT2D eigenvalue weighted by molar-refractivity contribution is 7.99. The molecule has 0 saturated carbocycles. The molecule has 0 bridgehead atoms. The maximum Gasteiger partial charge on any atom is 0.250 e. The van der Waals surface area contributed by atoms with E-state index in [1.807, 2.05) is 35.7 Å². The van der Waals surface area contributed by atoms with Crippen LogP contribution in [-0.4, -0.2) is 28.5 Å². The van der Waals surface area contributed by atoms with Gasteiger partial charge in [0.1, 0.15) is 0 Å². The summed E-state index contributed by atoms with van der Waals surface area (Å²) in [7, 11) is 0. The average Bonchev–Trinajstić information content (AvgIpc) is 3.21. The van der Waals surface area contributed by atoms with Gasteiger partial charge in [-0.05, 0) is 35.9 Å². The number of thiazole rings is 1. The van der Waals surface area contributed by atoms with Gasteiger partial charge in [-0.2, -0.15) is 0 Å². The minimum atomic E-state index is -0.244.